The Balaban J connectivity index is 2.01. The Labute approximate surface area is 118 Å². The van der Waals surface area contributed by atoms with Crippen molar-refractivity contribution in [3.8, 4) is 11.5 Å². The molecule has 0 aliphatic rings. The third-order valence-electron chi connectivity index (χ3n) is 3.03. The van der Waals surface area contributed by atoms with Crippen molar-refractivity contribution in [2.75, 3.05) is 7.11 Å². The van der Waals surface area contributed by atoms with Crippen LogP contribution >= 0.6 is 0 Å². The van der Waals surface area contributed by atoms with Crippen LogP contribution in [0.3, 0.4) is 0 Å². The van der Waals surface area contributed by atoms with Gasteiger partial charge >= 0.3 is 0 Å². The van der Waals surface area contributed by atoms with E-state index in [1.54, 1.807) is 26.2 Å². The Bertz CT molecular complexity index is 567. The largest absolute Gasteiger partial charge is 0.497 e. The summed E-state index contributed by atoms with van der Waals surface area (Å²) in [4.78, 5) is 0. The van der Waals surface area contributed by atoms with Gasteiger partial charge in [0.2, 0.25) is 0 Å². The van der Waals surface area contributed by atoms with Crippen molar-refractivity contribution in [3.05, 3.63) is 59.4 Å². The van der Waals surface area contributed by atoms with Crippen LogP contribution in [-0.4, -0.2) is 7.11 Å². The summed E-state index contributed by atoms with van der Waals surface area (Å²) < 4.78 is 24.4. The van der Waals surface area contributed by atoms with Crippen LogP contribution in [0.5, 0.6) is 11.5 Å². The fraction of sp³-hybridized carbons (Fsp3) is 0.250. The average molecular weight is 275 g/mol. The minimum atomic E-state index is -0.341. The van der Waals surface area contributed by atoms with E-state index in [4.69, 9.17) is 15.2 Å². The molecule has 0 fully saturated rings. The highest BCUT2D eigenvalue weighted by atomic mass is 19.1. The Morgan fingerprint density at radius 2 is 1.75 bits per heavy atom. The molecule has 0 radical (unpaired) electrons. The molecule has 0 aliphatic carbocycles. The molecule has 2 N–H and O–H groups in total. The first-order valence-corrected chi connectivity index (χ1v) is 6.41. The second-order valence-electron chi connectivity index (χ2n) is 4.61. The molecule has 4 heteroatoms. The number of hydrogen-bond donors (Lipinski definition) is 1. The topological polar surface area (TPSA) is 44.5 Å². The van der Waals surface area contributed by atoms with Crippen LogP contribution in [0.2, 0.25) is 0 Å². The first kappa shape index (κ1) is 14.3. The monoisotopic (exact) mass is 275 g/mol. The van der Waals surface area contributed by atoms with Crippen LogP contribution in [0.1, 0.15) is 24.1 Å². The molecular weight excluding hydrogens is 257 g/mol. The van der Waals surface area contributed by atoms with Gasteiger partial charge in [-0.05, 0) is 30.7 Å². The summed E-state index contributed by atoms with van der Waals surface area (Å²) in [5, 5.41) is 0. The van der Waals surface area contributed by atoms with E-state index < -0.39 is 0 Å². The summed E-state index contributed by atoms with van der Waals surface area (Å²) in [6, 6.07) is 12.0. The van der Waals surface area contributed by atoms with E-state index in [1.165, 1.54) is 6.07 Å². The summed E-state index contributed by atoms with van der Waals surface area (Å²) in [6.45, 7) is 2.12. The van der Waals surface area contributed by atoms with Gasteiger partial charge in [-0.2, -0.15) is 0 Å². The number of rotatable bonds is 5. The van der Waals surface area contributed by atoms with E-state index in [1.807, 2.05) is 24.3 Å². The predicted molar refractivity (Wildman–Crippen MR) is 76.3 cm³/mol. The lowest BCUT2D eigenvalue weighted by Crippen LogP contribution is -2.07. The highest BCUT2D eigenvalue weighted by Crippen LogP contribution is 2.21. The number of ether oxygens (including phenoxy) is 2. The lowest BCUT2D eigenvalue weighted by Gasteiger charge is -2.10. The molecule has 3 nitrogen and oxygen atoms in total. The fourth-order valence-corrected chi connectivity index (χ4v) is 1.86. The minimum absolute atomic E-state index is 0.328. The van der Waals surface area contributed by atoms with Gasteiger partial charge in [-0.1, -0.05) is 18.2 Å². The molecule has 2 aromatic carbocycles. The third-order valence-corrected chi connectivity index (χ3v) is 3.03. The summed E-state index contributed by atoms with van der Waals surface area (Å²) in [5.74, 6) is 0.941. The molecule has 106 valence electrons. The van der Waals surface area contributed by atoms with Gasteiger partial charge in [-0.15, -0.1) is 0 Å². The van der Waals surface area contributed by atoms with Crippen LogP contribution in [-0.2, 0) is 6.61 Å². The maximum atomic E-state index is 13.7. The van der Waals surface area contributed by atoms with Crippen molar-refractivity contribution >= 4 is 0 Å². The van der Waals surface area contributed by atoms with Gasteiger partial charge in [0.05, 0.1) is 7.11 Å². The third kappa shape index (κ3) is 3.48. The van der Waals surface area contributed by atoms with Crippen molar-refractivity contribution in [2.45, 2.75) is 19.6 Å². The molecule has 0 aliphatic heterocycles. The molecule has 1 unspecified atom stereocenters. The van der Waals surface area contributed by atoms with Crippen LogP contribution in [0, 0.1) is 5.82 Å². The molecule has 0 amide bonds. The fourth-order valence-electron chi connectivity index (χ4n) is 1.86. The molecule has 0 saturated heterocycles. The number of nitrogens with two attached hydrogens (primary N) is 1. The Morgan fingerprint density at radius 1 is 1.10 bits per heavy atom. The van der Waals surface area contributed by atoms with Gasteiger partial charge in [0.15, 0.2) is 0 Å². The highest BCUT2D eigenvalue weighted by molar-refractivity contribution is 5.31. The normalized spacial score (nSPS) is 12.0. The quantitative estimate of drug-likeness (QED) is 0.909. The van der Waals surface area contributed by atoms with E-state index in [9.17, 15) is 4.39 Å². The first-order valence-electron chi connectivity index (χ1n) is 6.41. The van der Waals surface area contributed by atoms with Crippen LogP contribution < -0.4 is 15.2 Å². The molecule has 2 rings (SSSR count). The zero-order valence-electron chi connectivity index (χ0n) is 11.6. The van der Waals surface area contributed by atoms with Gasteiger partial charge < -0.3 is 15.2 Å². The Hall–Kier alpha value is -2.07. The number of hydrogen-bond acceptors (Lipinski definition) is 3. The van der Waals surface area contributed by atoms with Gasteiger partial charge in [0.25, 0.3) is 0 Å². The van der Waals surface area contributed by atoms with Gasteiger partial charge in [-0.25, -0.2) is 4.39 Å². The second-order valence-corrected chi connectivity index (χ2v) is 4.61. The van der Waals surface area contributed by atoms with E-state index in [-0.39, 0.29) is 11.9 Å². The smallest absolute Gasteiger partial charge is 0.131 e. The van der Waals surface area contributed by atoms with Gasteiger partial charge in [0.1, 0.15) is 23.9 Å². The molecular formula is C16H18FNO2. The second kappa shape index (κ2) is 6.39. The van der Waals surface area contributed by atoms with Crippen molar-refractivity contribution < 1.29 is 13.9 Å². The molecule has 2 aromatic rings. The van der Waals surface area contributed by atoms with E-state index in [0.717, 1.165) is 11.3 Å². The van der Waals surface area contributed by atoms with E-state index >= 15 is 0 Å². The van der Waals surface area contributed by atoms with E-state index in [0.29, 0.717) is 17.9 Å². The lowest BCUT2D eigenvalue weighted by molar-refractivity contribution is 0.304. The van der Waals surface area contributed by atoms with Gasteiger partial charge in [-0.3, -0.25) is 0 Å². The number of halogens is 1. The molecule has 0 heterocycles. The molecule has 0 aromatic heterocycles. The number of methoxy groups -OCH3 is 1. The van der Waals surface area contributed by atoms with E-state index in [2.05, 4.69) is 0 Å². The Morgan fingerprint density at radius 3 is 2.30 bits per heavy atom. The molecule has 0 bridgehead atoms. The SMILES string of the molecule is COc1ccc(COc2ccc(C(C)N)c(F)c2)cc1. The molecule has 1 atom stereocenters. The maximum absolute atomic E-state index is 13.7. The predicted octanol–water partition coefficient (Wildman–Crippen LogP) is 3.43. The summed E-state index contributed by atoms with van der Waals surface area (Å²) in [7, 11) is 1.62. The van der Waals surface area contributed by atoms with Crippen molar-refractivity contribution in [1.29, 1.82) is 0 Å². The molecule has 20 heavy (non-hydrogen) atoms. The minimum Gasteiger partial charge on any atom is -0.497 e. The van der Waals surface area contributed by atoms with Crippen LogP contribution in [0.15, 0.2) is 42.5 Å². The molecule has 0 saturated carbocycles. The standard InChI is InChI=1S/C16H18FNO2/c1-11(18)15-8-7-14(9-16(15)17)20-10-12-3-5-13(19-2)6-4-12/h3-9,11H,10,18H2,1-2H3. The molecule has 0 spiro atoms. The van der Waals surface area contributed by atoms with Crippen LogP contribution in [0.25, 0.3) is 0 Å². The summed E-state index contributed by atoms with van der Waals surface area (Å²) >= 11 is 0. The lowest BCUT2D eigenvalue weighted by atomic mass is 10.1. The summed E-state index contributed by atoms with van der Waals surface area (Å²) in [6.07, 6.45) is 0. The first-order chi connectivity index (χ1) is 9.60. The highest BCUT2D eigenvalue weighted by Gasteiger charge is 2.08. The van der Waals surface area contributed by atoms with Crippen molar-refractivity contribution in [2.24, 2.45) is 5.73 Å². The summed E-state index contributed by atoms with van der Waals surface area (Å²) in [5.41, 5.74) is 7.14. The zero-order chi connectivity index (χ0) is 14.5. The zero-order valence-corrected chi connectivity index (χ0v) is 11.6. The van der Waals surface area contributed by atoms with Crippen molar-refractivity contribution in [1.82, 2.24) is 0 Å². The Kier molecular flexibility index (Phi) is 4.58. The maximum Gasteiger partial charge on any atom is 0.131 e. The van der Waals surface area contributed by atoms with Gasteiger partial charge in [0, 0.05) is 17.7 Å². The van der Waals surface area contributed by atoms with Crippen molar-refractivity contribution in [3.63, 3.8) is 0 Å². The number of benzene rings is 2. The average Bonchev–Trinajstić information content (AvgIpc) is 2.45. The van der Waals surface area contributed by atoms with Crippen LogP contribution in [0.4, 0.5) is 4.39 Å².